The van der Waals surface area contributed by atoms with Crippen molar-refractivity contribution in [3.05, 3.63) is 97.2 Å². The van der Waals surface area contributed by atoms with Crippen molar-refractivity contribution < 1.29 is 42.1 Å². The Labute approximate surface area is 468 Å². The Morgan fingerprint density at radius 2 is 0.750 bits per heavy atom. The molecule has 0 bridgehead atoms. The molecular formula is C66H116NO8P. The Morgan fingerprint density at radius 1 is 0.421 bits per heavy atom. The highest BCUT2D eigenvalue weighted by molar-refractivity contribution is 7.45. The predicted octanol–water partition coefficient (Wildman–Crippen LogP) is 19.0. The molecule has 76 heavy (non-hydrogen) atoms. The van der Waals surface area contributed by atoms with Gasteiger partial charge in [0.15, 0.2) is 6.10 Å². The van der Waals surface area contributed by atoms with E-state index in [2.05, 4.69) is 111 Å². The van der Waals surface area contributed by atoms with Crippen LogP contribution in [0.1, 0.15) is 258 Å². The maximum atomic E-state index is 12.8. The van der Waals surface area contributed by atoms with E-state index >= 15 is 0 Å². The van der Waals surface area contributed by atoms with E-state index in [9.17, 15) is 19.0 Å². The lowest BCUT2D eigenvalue weighted by molar-refractivity contribution is -0.870. The van der Waals surface area contributed by atoms with Gasteiger partial charge in [0.2, 0.25) is 0 Å². The van der Waals surface area contributed by atoms with Gasteiger partial charge in [-0.15, -0.1) is 0 Å². The first-order valence-corrected chi connectivity index (χ1v) is 32.4. The normalized spacial score (nSPS) is 13.9. The highest BCUT2D eigenvalue weighted by Gasteiger charge is 2.22. The highest BCUT2D eigenvalue weighted by atomic mass is 31.2. The molecule has 2 unspecified atom stereocenters. The summed E-state index contributed by atoms with van der Waals surface area (Å²) in [6.45, 7) is 4.11. The average molecular weight is 1080 g/mol. The Kier molecular flexibility index (Phi) is 54.4. The van der Waals surface area contributed by atoms with Gasteiger partial charge in [0.25, 0.3) is 7.82 Å². The number of rotatable bonds is 56. The minimum absolute atomic E-state index is 0.0347. The SMILES string of the molecule is CC/C=C\C/C=C\C/C=C\C/C=C\C/C=C\C/C=C\CCCCCCCCCCCCCCCCC(=O)OC(COC(=O)CCCCCCCCCCC/C=C\C/C=C\CCCCC)COP(=O)([O-])OCC[N+](C)(C)C. The summed E-state index contributed by atoms with van der Waals surface area (Å²) >= 11 is 0. The summed E-state index contributed by atoms with van der Waals surface area (Å²) in [6, 6.07) is 0. The van der Waals surface area contributed by atoms with Crippen LogP contribution < -0.4 is 4.89 Å². The third-order valence-electron chi connectivity index (χ3n) is 13.1. The summed E-state index contributed by atoms with van der Waals surface area (Å²) in [5.74, 6) is -0.837. The third kappa shape index (κ3) is 60.2. The largest absolute Gasteiger partial charge is 0.756 e. The second-order valence-corrected chi connectivity index (χ2v) is 23.1. The maximum Gasteiger partial charge on any atom is 0.306 e. The molecule has 0 saturated carbocycles. The molecule has 0 fully saturated rings. The molecule has 0 rings (SSSR count). The molecule has 0 aliphatic rings. The van der Waals surface area contributed by atoms with Crippen LogP contribution in [0.5, 0.6) is 0 Å². The number of esters is 2. The van der Waals surface area contributed by atoms with Crippen LogP contribution in [0.15, 0.2) is 97.2 Å². The fraction of sp³-hybridized carbons (Fsp3) is 0.727. The Morgan fingerprint density at radius 3 is 1.12 bits per heavy atom. The molecule has 0 spiro atoms. The highest BCUT2D eigenvalue weighted by Crippen LogP contribution is 2.38. The van der Waals surface area contributed by atoms with Gasteiger partial charge in [-0.1, -0.05) is 246 Å². The fourth-order valence-corrected chi connectivity index (χ4v) is 9.07. The number of carbonyl (C=O) groups is 2. The number of phosphoric ester groups is 1. The molecule has 2 atom stereocenters. The maximum absolute atomic E-state index is 12.8. The number of quaternary nitrogens is 1. The summed E-state index contributed by atoms with van der Waals surface area (Å²) in [5.41, 5.74) is 0. The molecule has 0 N–H and O–H groups in total. The molecule has 0 aromatic heterocycles. The van der Waals surface area contributed by atoms with Crippen LogP contribution in [0.2, 0.25) is 0 Å². The van der Waals surface area contributed by atoms with E-state index in [4.69, 9.17) is 18.5 Å². The van der Waals surface area contributed by atoms with Crippen molar-refractivity contribution in [2.45, 2.75) is 264 Å². The van der Waals surface area contributed by atoms with Gasteiger partial charge >= 0.3 is 11.9 Å². The van der Waals surface area contributed by atoms with Crippen molar-refractivity contribution in [3.8, 4) is 0 Å². The van der Waals surface area contributed by atoms with E-state index in [0.29, 0.717) is 17.4 Å². The van der Waals surface area contributed by atoms with E-state index in [0.717, 1.165) is 96.3 Å². The predicted molar refractivity (Wildman–Crippen MR) is 323 cm³/mol. The first-order valence-electron chi connectivity index (χ1n) is 30.9. The number of likely N-dealkylation sites (N-methyl/N-ethyl adjacent to an activating group) is 1. The lowest BCUT2D eigenvalue weighted by Crippen LogP contribution is -2.37. The molecule has 0 heterocycles. The van der Waals surface area contributed by atoms with E-state index < -0.39 is 26.5 Å². The van der Waals surface area contributed by atoms with E-state index in [1.165, 1.54) is 128 Å². The summed E-state index contributed by atoms with van der Waals surface area (Å²) in [4.78, 5) is 37.9. The molecule has 10 heteroatoms. The Balaban J connectivity index is 4.10. The summed E-state index contributed by atoms with van der Waals surface area (Å²) in [5, 5.41) is 0. The molecule has 438 valence electrons. The molecule has 0 aromatic carbocycles. The van der Waals surface area contributed by atoms with Crippen molar-refractivity contribution in [1.82, 2.24) is 0 Å². The molecule has 0 aliphatic carbocycles. The molecule has 0 amide bonds. The van der Waals surface area contributed by atoms with Crippen LogP contribution >= 0.6 is 7.82 Å². The van der Waals surface area contributed by atoms with Gasteiger partial charge in [0.1, 0.15) is 19.8 Å². The first kappa shape index (κ1) is 72.9. The minimum Gasteiger partial charge on any atom is -0.756 e. The van der Waals surface area contributed by atoms with Crippen LogP contribution in [-0.2, 0) is 32.7 Å². The van der Waals surface area contributed by atoms with Gasteiger partial charge in [-0.05, 0) is 96.3 Å². The lowest BCUT2D eigenvalue weighted by atomic mass is 10.0. The van der Waals surface area contributed by atoms with Crippen LogP contribution in [-0.4, -0.2) is 70.0 Å². The van der Waals surface area contributed by atoms with Crippen LogP contribution in [0.4, 0.5) is 0 Å². The van der Waals surface area contributed by atoms with E-state index in [1.54, 1.807) is 0 Å². The summed E-state index contributed by atoms with van der Waals surface area (Å²) < 4.78 is 34.2. The van der Waals surface area contributed by atoms with Gasteiger partial charge in [-0.3, -0.25) is 14.2 Å². The average Bonchev–Trinajstić information content (AvgIpc) is 3.38. The van der Waals surface area contributed by atoms with Gasteiger partial charge in [-0.25, -0.2) is 0 Å². The summed E-state index contributed by atoms with van der Waals surface area (Å²) in [6.07, 6.45) is 77.4. The lowest BCUT2D eigenvalue weighted by Gasteiger charge is -2.28. The zero-order valence-electron chi connectivity index (χ0n) is 49.7. The number of allylic oxidation sites excluding steroid dienone is 16. The third-order valence-corrected chi connectivity index (χ3v) is 14.1. The second-order valence-electron chi connectivity index (χ2n) is 21.7. The van der Waals surface area contributed by atoms with Crippen LogP contribution in [0.3, 0.4) is 0 Å². The Bertz CT molecular complexity index is 1600. The van der Waals surface area contributed by atoms with Crippen molar-refractivity contribution in [2.24, 2.45) is 0 Å². The molecule has 0 aliphatic heterocycles. The molecule has 0 aromatic rings. The number of nitrogens with zero attached hydrogens (tertiary/aromatic N) is 1. The van der Waals surface area contributed by atoms with Gasteiger partial charge in [0, 0.05) is 12.8 Å². The Hall–Kier alpha value is -3.07. The second kappa shape index (κ2) is 56.6. The van der Waals surface area contributed by atoms with Crippen molar-refractivity contribution in [2.75, 3.05) is 47.5 Å². The molecule has 0 radical (unpaired) electrons. The number of hydrogen-bond acceptors (Lipinski definition) is 8. The van der Waals surface area contributed by atoms with E-state index in [1.807, 2.05) is 21.1 Å². The van der Waals surface area contributed by atoms with Gasteiger partial charge in [0.05, 0.1) is 27.7 Å². The quantitative estimate of drug-likeness (QED) is 0.0195. The number of unbranched alkanes of at least 4 members (excludes halogenated alkanes) is 26. The minimum atomic E-state index is -4.64. The van der Waals surface area contributed by atoms with E-state index in [-0.39, 0.29) is 32.0 Å². The fourth-order valence-electron chi connectivity index (χ4n) is 8.34. The van der Waals surface area contributed by atoms with Crippen molar-refractivity contribution >= 4 is 19.8 Å². The van der Waals surface area contributed by atoms with Crippen molar-refractivity contribution in [3.63, 3.8) is 0 Å². The topological polar surface area (TPSA) is 111 Å². The first-order chi connectivity index (χ1) is 37.0. The number of carbonyl (C=O) groups excluding carboxylic acids is 2. The smallest absolute Gasteiger partial charge is 0.306 e. The van der Waals surface area contributed by atoms with Crippen LogP contribution in [0.25, 0.3) is 0 Å². The van der Waals surface area contributed by atoms with Gasteiger partial charge in [-0.2, -0.15) is 0 Å². The number of ether oxygens (including phenoxy) is 2. The van der Waals surface area contributed by atoms with Gasteiger partial charge < -0.3 is 27.9 Å². The van der Waals surface area contributed by atoms with Crippen molar-refractivity contribution in [1.29, 1.82) is 0 Å². The zero-order chi connectivity index (χ0) is 55.6. The number of phosphoric acid groups is 1. The molecular weight excluding hydrogens is 966 g/mol. The standard InChI is InChI=1S/C66H116NO8P/c1-6-8-10-12-14-16-18-20-22-24-26-27-28-29-30-31-32-33-34-35-36-37-38-39-41-43-45-47-49-51-53-55-57-59-66(69)75-64(63-74-76(70,71)73-61-60-67(3,4)5)62-72-65(68)58-56-54-52-50-48-46-44-42-40-25-23-21-19-17-15-13-11-9-7-2/h8,10,14-17,20-23,26-27,29-30,32-33,64H,6-7,9,11-13,18-19,24-25,28,31,34-63H2,1-5H3/b10-8-,16-14-,17-15-,22-20-,23-21-,27-26-,30-29-,33-32-. The zero-order valence-corrected chi connectivity index (χ0v) is 50.6. The molecule has 9 nitrogen and oxygen atoms in total. The summed E-state index contributed by atoms with van der Waals surface area (Å²) in [7, 11) is 1.16. The monoisotopic (exact) mass is 1080 g/mol. The molecule has 0 saturated heterocycles. The number of hydrogen-bond donors (Lipinski definition) is 0. The van der Waals surface area contributed by atoms with Crippen LogP contribution in [0, 0.1) is 0 Å².